The van der Waals surface area contributed by atoms with Crippen LogP contribution in [0.2, 0.25) is 10.0 Å². The van der Waals surface area contributed by atoms with E-state index >= 15 is 0 Å². The van der Waals surface area contributed by atoms with Gasteiger partial charge < -0.3 is 19.5 Å². The number of hydrogen-bond acceptors (Lipinski definition) is 6. The Morgan fingerprint density at radius 2 is 1.97 bits per heavy atom. The molecule has 2 aromatic carbocycles. The predicted molar refractivity (Wildman–Crippen MR) is 112 cm³/mol. The third-order valence-electron chi connectivity index (χ3n) is 4.05. The standard InChI is InChI=1S/C21H16Cl2N2O5/c1-12(21(27)25-15-4-3-14(11-24)16(22)10-15)30-19(26)5-2-13-8-17(23)20-18(9-13)28-6-7-29-20/h2-5,8-10,12H,6-7H2,1H3,(H,25,27)/b5-2+/t12-/m1/s1. The number of hydrogen-bond donors (Lipinski definition) is 1. The van der Waals surface area contributed by atoms with Gasteiger partial charge in [-0.2, -0.15) is 5.26 Å². The highest BCUT2D eigenvalue weighted by atomic mass is 35.5. The number of esters is 1. The van der Waals surface area contributed by atoms with Crippen LogP contribution in [0, 0.1) is 11.3 Å². The van der Waals surface area contributed by atoms with E-state index in [-0.39, 0.29) is 5.02 Å². The van der Waals surface area contributed by atoms with Gasteiger partial charge in [0.05, 0.1) is 15.6 Å². The lowest BCUT2D eigenvalue weighted by Crippen LogP contribution is -2.29. The van der Waals surface area contributed by atoms with Gasteiger partial charge in [-0.3, -0.25) is 4.79 Å². The fourth-order valence-electron chi connectivity index (χ4n) is 2.59. The summed E-state index contributed by atoms with van der Waals surface area (Å²) < 4.78 is 16.0. The van der Waals surface area contributed by atoms with E-state index < -0.39 is 18.0 Å². The summed E-state index contributed by atoms with van der Waals surface area (Å²) in [5.41, 5.74) is 1.29. The van der Waals surface area contributed by atoms with Crippen LogP contribution < -0.4 is 14.8 Å². The van der Waals surface area contributed by atoms with Gasteiger partial charge in [0.1, 0.15) is 19.3 Å². The number of amides is 1. The summed E-state index contributed by atoms with van der Waals surface area (Å²) in [6, 6.07) is 9.70. The Bertz CT molecular complexity index is 1060. The Hall–Kier alpha value is -3.21. The first-order valence-corrected chi connectivity index (χ1v) is 9.61. The van der Waals surface area contributed by atoms with Crippen molar-refractivity contribution in [2.75, 3.05) is 18.5 Å². The molecule has 0 radical (unpaired) electrons. The van der Waals surface area contributed by atoms with Gasteiger partial charge in [0, 0.05) is 11.8 Å². The molecule has 9 heteroatoms. The molecule has 1 heterocycles. The topological polar surface area (TPSA) is 97.7 Å². The van der Waals surface area contributed by atoms with Crippen molar-refractivity contribution in [1.29, 1.82) is 5.26 Å². The number of halogens is 2. The van der Waals surface area contributed by atoms with Crippen LogP contribution in [0.3, 0.4) is 0 Å². The minimum Gasteiger partial charge on any atom is -0.486 e. The van der Waals surface area contributed by atoms with Crippen LogP contribution in [0.15, 0.2) is 36.4 Å². The van der Waals surface area contributed by atoms with Gasteiger partial charge in [-0.15, -0.1) is 0 Å². The lowest BCUT2D eigenvalue weighted by atomic mass is 10.2. The van der Waals surface area contributed by atoms with E-state index in [1.54, 1.807) is 12.1 Å². The molecule has 30 heavy (non-hydrogen) atoms. The summed E-state index contributed by atoms with van der Waals surface area (Å²) in [6.07, 6.45) is 1.63. The number of nitriles is 1. The number of carbonyl (C=O) groups is 2. The first-order chi connectivity index (χ1) is 14.4. The van der Waals surface area contributed by atoms with E-state index in [4.69, 9.17) is 42.7 Å². The minimum atomic E-state index is -1.06. The average molecular weight is 447 g/mol. The van der Waals surface area contributed by atoms with Crippen LogP contribution >= 0.6 is 23.2 Å². The Morgan fingerprint density at radius 3 is 2.70 bits per heavy atom. The molecule has 1 aliphatic rings. The Morgan fingerprint density at radius 1 is 1.20 bits per heavy atom. The zero-order chi connectivity index (χ0) is 21.7. The molecule has 1 atom stereocenters. The molecule has 1 N–H and O–H groups in total. The largest absolute Gasteiger partial charge is 0.486 e. The maximum absolute atomic E-state index is 12.2. The number of anilines is 1. The van der Waals surface area contributed by atoms with Crippen LogP contribution in [0.1, 0.15) is 18.1 Å². The molecule has 1 amide bonds. The second kappa shape index (κ2) is 9.53. The van der Waals surface area contributed by atoms with Gasteiger partial charge in [0.2, 0.25) is 0 Å². The minimum absolute atomic E-state index is 0.209. The molecular weight excluding hydrogens is 431 g/mol. The van der Waals surface area contributed by atoms with Crippen molar-refractivity contribution < 1.29 is 23.8 Å². The molecule has 0 spiro atoms. The van der Waals surface area contributed by atoms with Crippen LogP contribution in [0.5, 0.6) is 11.5 Å². The summed E-state index contributed by atoms with van der Waals surface area (Å²) in [4.78, 5) is 24.3. The second-order valence-corrected chi connectivity index (χ2v) is 7.05. The monoisotopic (exact) mass is 446 g/mol. The fourth-order valence-corrected chi connectivity index (χ4v) is 3.08. The molecule has 3 rings (SSSR count). The van der Waals surface area contributed by atoms with Crippen molar-refractivity contribution in [2.24, 2.45) is 0 Å². The van der Waals surface area contributed by atoms with Gasteiger partial charge in [0.25, 0.3) is 5.91 Å². The number of ether oxygens (including phenoxy) is 3. The maximum atomic E-state index is 12.2. The molecule has 0 aromatic heterocycles. The molecular formula is C21H16Cl2N2O5. The predicted octanol–water partition coefficient (Wildman–Crippen LogP) is 4.22. The van der Waals surface area contributed by atoms with Crippen LogP contribution in [0.25, 0.3) is 6.08 Å². The third kappa shape index (κ3) is 5.23. The third-order valence-corrected chi connectivity index (χ3v) is 4.64. The Kier molecular flexibility index (Phi) is 6.83. The lowest BCUT2D eigenvalue weighted by Gasteiger charge is -2.19. The second-order valence-electron chi connectivity index (χ2n) is 6.24. The SMILES string of the molecule is C[C@@H](OC(=O)/C=C/c1cc(Cl)c2c(c1)OCCO2)C(=O)Nc1ccc(C#N)c(Cl)c1. The van der Waals surface area contributed by atoms with Crippen molar-refractivity contribution in [3.63, 3.8) is 0 Å². The van der Waals surface area contributed by atoms with Crippen LogP contribution in [0.4, 0.5) is 5.69 Å². The summed E-state index contributed by atoms with van der Waals surface area (Å²) in [5, 5.41) is 12.0. The van der Waals surface area contributed by atoms with Crippen molar-refractivity contribution >= 4 is 46.8 Å². The highest BCUT2D eigenvalue weighted by Crippen LogP contribution is 2.38. The molecule has 7 nitrogen and oxygen atoms in total. The maximum Gasteiger partial charge on any atom is 0.331 e. The Labute approximate surface area is 182 Å². The van der Waals surface area contributed by atoms with E-state index in [2.05, 4.69) is 5.32 Å². The summed E-state index contributed by atoms with van der Waals surface area (Å²) >= 11 is 12.1. The van der Waals surface area contributed by atoms with Crippen molar-refractivity contribution in [1.82, 2.24) is 0 Å². The number of rotatable bonds is 5. The fraction of sp³-hybridized carbons (Fsp3) is 0.190. The molecule has 0 saturated heterocycles. The molecule has 0 aliphatic carbocycles. The zero-order valence-electron chi connectivity index (χ0n) is 15.8. The number of nitrogens with one attached hydrogen (secondary N) is 1. The number of carbonyl (C=O) groups excluding carboxylic acids is 2. The highest BCUT2D eigenvalue weighted by Gasteiger charge is 2.18. The van der Waals surface area contributed by atoms with E-state index in [1.807, 2.05) is 6.07 Å². The molecule has 0 saturated carbocycles. The quantitative estimate of drug-likeness (QED) is 0.545. The molecule has 2 aromatic rings. The number of nitrogens with zero attached hydrogens (tertiary/aromatic N) is 1. The van der Waals surface area contributed by atoms with Crippen molar-refractivity contribution in [3.05, 3.63) is 57.6 Å². The summed E-state index contributed by atoms with van der Waals surface area (Å²) in [7, 11) is 0. The summed E-state index contributed by atoms with van der Waals surface area (Å²) in [5.74, 6) is -0.284. The van der Waals surface area contributed by atoms with Crippen LogP contribution in [-0.4, -0.2) is 31.2 Å². The first kappa shape index (κ1) is 21.5. The lowest BCUT2D eigenvalue weighted by molar-refractivity contribution is -0.148. The van der Waals surface area contributed by atoms with Crippen molar-refractivity contribution in [3.8, 4) is 17.6 Å². The molecule has 154 valence electrons. The van der Waals surface area contributed by atoms with Gasteiger partial charge in [0.15, 0.2) is 17.6 Å². The highest BCUT2D eigenvalue weighted by molar-refractivity contribution is 6.32. The van der Waals surface area contributed by atoms with Gasteiger partial charge in [-0.05, 0) is 48.9 Å². The van der Waals surface area contributed by atoms with E-state index in [1.165, 1.54) is 37.3 Å². The number of benzene rings is 2. The van der Waals surface area contributed by atoms with Gasteiger partial charge >= 0.3 is 5.97 Å². The average Bonchev–Trinajstić information content (AvgIpc) is 2.72. The van der Waals surface area contributed by atoms with Crippen LogP contribution in [-0.2, 0) is 14.3 Å². The zero-order valence-corrected chi connectivity index (χ0v) is 17.3. The molecule has 1 aliphatic heterocycles. The number of fused-ring (bicyclic) bond motifs is 1. The molecule has 0 bridgehead atoms. The smallest absolute Gasteiger partial charge is 0.331 e. The summed E-state index contributed by atoms with van der Waals surface area (Å²) in [6.45, 7) is 2.27. The van der Waals surface area contributed by atoms with E-state index in [9.17, 15) is 9.59 Å². The first-order valence-electron chi connectivity index (χ1n) is 8.85. The van der Waals surface area contributed by atoms with Crippen molar-refractivity contribution in [2.45, 2.75) is 13.0 Å². The van der Waals surface area contributed by atoms with Gasteiger partial charge in [-0.1, -0.05) is 23.2 Å². The van der Waals surface area contributed by atoms with E-state index in [0.717, 1.165) is 0 Å². The molecule has 0 fully saturated rings. The Balaban J connectivity index is 1.59. The van der Waals surface area contributed by atoms with E-state index in [0.29, 0.717) is 46.5 Å². The molecule has 0 unspecified atom stereocenters. The van der Waals surface area contributed by atoms with Gasteiger partial charge in [-0.25, -0.2) is 4.79 Å². The normalized spacial score (nSPS) is 13.4.